The van der Waals surface area contributed by atoms with Gasteiger partial charge in [0.2, 0.25) is 11.9 Å². The highest BCUT2D eigenvalue weighted by atomic mass is 32.2. The van der Waals surface area contributed by atoms with Crippen LogP contribution in [-0.4, -0.2) is 75.6 Å². The molecular weight excluding hydrogens is 365 g/mol. The Balaban J connectivity index is 1.14. The largest absolute Gasteiger partial charge is 0.338 e. The van der Waals surface area contributed by atoms with Crippen molar-refractivity contribution in [3.05, 3.63) is 18.2 Å². The molecule has 2 saturated heterocycles. The molecule has 4 rings (SSSR count). The summed E-state index contributed by atoms with van der Waals surface area (Å²) in [6.45, 7) is 5.66. The Morgan fingerprint density at radius 1 is 1.04 bits per heavy atom. The van der Waals surface area contributed by atoms with E-state index in [2.05, 4.69) is 24.7 Å². The summed E-state index contributed by atoms with van der Waals surface area (Å²) in [6.07, 6.45) is 9.22. The van der Waals surface area contributed by atoms with Gasteiger partial charge in [0.1, 0.15) is 0 Å². The molecular formula is C19H28FN5OS. The van der Waals surface area contributed by atoms with E-state index in [9.17, 15) is 9.18 Å². The van der Waals surface area contributed by atoms with Crippen LogP contribution in [0, 0.1) is 5.82 Å². The van der Waals surface area contributed by atoms with Crippen molar-refractivity contribution in [3.8, 4) is 0 Å². The maximum atomic E-state index is 12.9. The van der Waals surface area contributed by atoms with Gasteiger partial charge in [0, 0.05) is 32.7 Å². The number of hydrogen-bond acceptors (Lipinski definition) is 6. The standard InChI is InChI=1S/C19H28FN5OS/c20-16-13-21-18(22-14-16)24-11-9-23(10-12-24)7-3-4-8-25-15-27-19(17(25)26)5-1-2-6-19/h13-14H,1-12,15H2. The average Bonchev–Trinajstić information content (AvgIpc) is 3.29. The van der Waals surface area contributed by atoms with E-state index in [1.807, 2.05) is 11.8 Å². The van der Waals surface area contributed by atoms with E-state index < -0.39 is 5.82 Å². The first-order valence-electron chi connectivity index (χ1n) is 10.0. The molecule has 0 bridgehead atoms. The second kappa shape index (κ2) is 8.31. The van der Waals surface area contributed by atoms with Gasteiger partial charge in [0.15, 0.2) is 5.82 Å². The van der Waals surface area contributed by atoms with Gasteiger partial charge in [-0.15, -0.1) is 11.8 Å². The third kappa shape index (κ3) is 4.21. The zero-order valence-electron chi connectivity index (χ0n) is 15.8. The minimum Gasteiger partial charge on any atom is -0.338 e. The lowest BCUT2D eigenvalue weighted by Crippen LogP contribution is -2.47. The Kier molecular flexibility index (Phi) is 5.82. The van der Waals surface area contributed by atoms with Gasteiger partial charge in [-0.1, -0.05) is 12.8 Å². The number of thioether (sulfide) groups is 1. The van der Waals surface area contributed by atoms with Crippen LogP contribution in [0.1, 0.15) is 38.5 Å². The van der Waals surface area contributed by atoms with E-state index in [4.69, 9.17) is 0 Å². The molecule has 0 N–H and O–H groups in total. The number of rotatable bonds is 6. The molecule has 0 aromatic carbocycles. The lowest BCUT2D eigenvalue weighted by Gasteiger charge is -2.34. The Bertz CT molecular complexity index is 644. The van der Waals surface area contributed by atoms with Crippen molar-refractivity contribution in [1.82, 2.24) is 19.8 Å². The fourth-order valence-electron chi connectivity index (χ4n) is 4.36. The van der Waals surface area contributed by atoms with Crippen LogP contribution in [0.3, 0.4) is 0 Å². The van der Waals surface area contributed by atoms with Gasteiger partial charge < -0.3 is 9.80 Å². The Hall–Kier alpha value is -1.41. The molecule has 27 heavy (non-hydrogen) atoms. The molecule has 2 aliphatic heterocycles. The lowest BCUT2D eigenvalue weighted by atomic mass is 10.1. The van der Waals surface area contributed by atoms with Gasteiger partial charge >= 0.3 is 0 Å². The topological polar surface area (TPSA) is 52.6 Å². The highest BCUT2D eigenvalue weighted by Gasteiger charge is 2.48. The minimum atomic E-state index is -0.397. The van der Waals surface area contributed by atoms with E-state index in [0.717, 1.165) is 70.8 Å². The number of anilines is 1. The van der Waals surface area contributed by atoms with Gasteiger partial charge in [-0.3, -0.25) is 9.69 Å². The smallest absolute Gasteiger partial charge is 0.239 e. The molecule has 8 heteroatoms. The molecule has 0 unspecified atom stereocenters. The SMILES string of the molecule is O=C1N(CCCCN2CCN(c3ncc(F)cn3)CC2)CSC12CCCC2. The average molecular weight is 394 g/mol. The lowest BCUT2D eigenvalue weighted by molar-refractivity contribution is -0.131. The van der Waals surface area contributed by atoms with Crippen LogP contribution < -0.4 is 4.90 Å². The normalized spacial score (nSPS) is 22.9. The Morgan fingerprint density at radius 3 is 2.41 bits per heavy atom. The van der Waals surface area contributed by atoms with E-state index >= 15 is 0 Å². The highest BCUT2D eigenvalue weighted by molar-refractivity contribution is 8.01. The Morgan fingerprint density at radius 2 is 1.70 bits per heavy atom. The third-order valence-corrected chi connectivity index (χ3v) is 7.58. The first kappa shape index (κ1) is 18.9. The molecule has 1 saturated carbocycles. The second-order valence-electron chi connectivity index (χ2n) is 7.78. The molecule has 3 aliphatic rings. The number of piperazine rings is 1. The van der Waals surface area contributed by atoms with Gasteiger partial charge in [0.25, 0.3) is 0 Å². The van der Waals surface area contributed by atoms with Crippen LogP contribution in [0.15, 0.2) is 12.4 Å². The summed E-state index contributed by atoms with van der Waals surface area (Å²) in [5.74, 6) is 1.50. The summed E-state index contributed by atoms with van der Waals surface area (Å²) >= 11 is 1.88. The molecule has 1 aliphatic carbocycles. The summed E-state index contributed by atoms with van der Waals surface area (Å²) in [7, 11) is 0. The zero-order valence-corrected chi connectivity index (χ0v) is 16.6. The number of unbranched alkanes of at least 4 members (excludes halogenated alkanes) is 1. The van der Waals surface area contributed by atoms with Crippen molar-refractivity contribution in [2.45, 2.75) is 43.3 Å². The third-order valence-electron chi connectivity index (χ3n) is 6.00. The maximum absolute atomic E-state index is 12.9. The van der Waals surface area contributed by atoms with Crippen LogP contribution in [0.2, 0.25) is 0 Å². The quantitative estimate of drug-likeness (QED) is 0.692. The molecule has 6 nitrogen and oxygen atoms in total. The van der Waals surface area contributed by atoms with Crippen LogP contribution >= 0.6 is 11.8 Å². The molecule has 1 aromatic heterocycles. The number of halogens is 1. The summed E-state index contributed by atoms with van der Waals surface area (Å²) in [6, 6.07) is 0. The van der Waals surface area contributed by atoms with Crippen molar-refractivity contribution in [1.29, 1.82) is 0 Å². The van der Waals surface area contributed by atoms with Gasteiger partial charge in [0.05, 0.1) is 23.0 Å². The van der Waals surface area contributed by atoms with Gasteiger partial charge in [-0.05, 0) is 32.2 Å². The predicted molar refractivity (Wildman–Crippen MR) is 105 cm³/mol. The molecule has 0 atom stereocenters. The first-order chi connectivity index (χ1) is 13.2. The molecule has 0 radical (unpaired) electrons. The van der Waals surface area contributed by atoms with Crippen molar-refractivity contribution < 1.29 is 9.18 Å². The number of carbonyl (C=O) groups excluding carboxylic acids is 1. The van der Waals surface area contributed by atoms with E-state index in [-0.39, 0.29) is 4.75 Å². The molecule has 1 spiro atoms. The molecule has 3 heterocycles. The predicted octanol–water partition coefficient (Wildman–Crippen LogP) is 2.36. The van der Waals surface area contributed by atoms with Crippen LogP contribution in [0.25, 0.3) is 0 Å². The van der Waals surface area contributed by atoms with Crippen molar-refractivity contribution in [2.24, 2.45) is 0 Å². The number of amides is 1. The second-order valence-corrected chi connectivity index (χ2v) is 9.11. The first-order valence-corrected chi connectivity index (χ1v) is 11.0. The number of nitrogens with zero attached hydrogens (tertiary/aromatic N) is 5. The fourth-order valence-corrected chi connectivity index (χ4v) is 5.84. The van der Waals surface area contributed by atoms with Crippen LogP contribution in [-0.2, 0) is 4.79 Å². The maximum Gasteiger partial charge on any atom is 0.239 e. The monoisotopic (exact) mass is 393 g/mol. The fraction of sp³-hybridized carbons (Fsp3) is 0.737. The molecule has 3 fully saturated rings. The molecule has 1 aromatic rings. The van der Waals surface area contributed by atoms with E-state index in [0.29, 0.717) is 11.9 Å². The Labute approximate surface area is 164 Å². The van der Waals surface area contributed by atoms with Crippen molar-refractivity contribution in [3.63, 3.8) is 0 Å². The van der Waals surface area contributed by atoms with Gasteiger partial charge in [-0.2, -0.15) is 0 Å². The summed E-state index contributed by atoms with van der Waals surface area (Å²) < 4.78 is 12.9. The summed E-state index contributed by atoms with van der Waals surface area (Å²) in [5, 5.41) is 0. The zero-order chi connectivity index (χ0) is 18.7. The summed E-state index contributed by atoms with van der Waals surface area (Å²) in [5.41, 5.74) is 0. The number of carbonyl (C=O) groups is 1. The van der Waals surface area contributed by atoms with Crippen LogP contribution in [0.5, 0.6) is 0 Å². The number of hydrogen-bond donors (Lipinski definition) is 0. The van der Waals surface area contributed by atoms with Gasteiger partial charge in [-0.25, -0.2) is 14.4 Å². The summed E-state index contributed by atoms with van der Waals surface area (Å²) in [4.78, 5) is 27.5. The van der Waals surface area contributed by atoms with Crippen molar-refractivity contribution in [2.75, 3.05) is 50.0 Å². The van der Waals surface area contributed by atoms with E-state index in [1.165, 1.54) is 25.2 Å². The minimum absolute atomic E-state index is 0.0568. The van der Waals surface area contributed by atoms with E-state index in [1.54, 1.807) is 0 Å². The van der Waals surface area contributed by atoms with Crippen molar-refractivity contribution >= 4 is 23.6 Å². The number of aromatic nitrogens is 2. The highest BCUT2D eigenvalue weighted by Crippen LogP contribution is 2.47. The van der Waals surface area contributed by atoms with Crippen LogP contribution in [0.4, 0.5) is 10.3 Å². The molecule has 1 amide bonds. The molecule has 148 valence electrons.